The predicted molar refractivity (Wildman–Crippen MR) is 132 cm³/mol. The SMILES string of the molecule is COc1ccc(Cl)cc1NC(=O)CSc1nnc(CN2CCCCC2)n1Cc1ccccc1. The lowest BCUT2D eigenvalue weighted by Crippen LogP contribution is -2.30. The van der Waals surface area contributed by atoms with E-state index in [0.717, 1.165) is 30.6 Å². The Morgan fingerprint density at radius 2 is 1.88 bits per heavy atom. The quantitative estimate of drug-likeness (QED) is 0.443. The van der Waals surface area contributed by atoms with E-state index < -0.39 is 0 Å². The van der Waals surface area contributed by atoms with E-state index in [1.54, 1.807) is 25.3 Å². The summed E-state index contributed by atoms with van der Waals surface area (Å²) in [5.41, 5.74) is 1.72. The standard InChI is InChI=1S/C24H28ClN5O2S/c1-32-21-11-10-19(25)14-20(21)26-23(31)17-33-24-28-27-22(16-29-12-6-3-7-13-29)30(24)15-18-8-4-2-5-9-18/h2,4-5,8-11,14H,3,6-7,12-13,15-17H2,1H3,(H,26,31). The topological polar surface area (TPSA) is 72.3 Å². The molecule has 0 atom stereocenters. The van der Waals surface area contributed by atoms with Crippen LogP contribution in [0.1, 0.15) is 30.7 Å². The molecule has 174 valence electrons. The van der Waals surface area contributed by atoms with Crippen LogP contribution >= 0.6 is 23.4 Å². The van der Waals surface area contributed by atoms with Gasteiger partial charge in [-0.1, -0.05) is 60.1 Å². The van der Waals surface area contributed by atoms with Crippen molar-refractivity contribution in [1.29, 1.82) is 0 Å². The van der Waals surface area contributed by atoms with Crippen LogP contribution in [-0.2, 0) is 17.9 Å². The second-order valence-corrected chi connectivity index (χ2v) is 9.37. The molecule has 0 bridgehead atoms. The highest BCUT2D eigenvalue weighted by Crippen LogP contribution is 2.28. The third-order valence-electron chi connectivity index (χ3n) is 5.56. The molecule has 7 nitrogen and oxygen atoms in total. The molecular weight excluding hydrogens is 458 g/mol. The average molecular weight is 486 g/mol. The number of aromatic nitrogens is 3. The van der Waals surface area contributed by atoms with Crippen molar-refractivity contribution >= 4 is 35.0 Å². The van der Waals surface area contributed by atoms with Crippen molar-refractivity contribution in [3.8, 4) is 5.75 Å². The van der Waals surface area contributed by atoms with Gasteiger partial charge in [-0.25, -0.2) is 0 Å². The molecule has 1 aliphatic rings. The molecule has 0 aliphatic carbocycles. The Balaban J connectivity index is 1.47. The Morgan fingerprint density at radius 1 is 1.09 bits per heavy atom. The number of benzene rings is 2. The number of thioether (sulfide) groups is 1. The zero-order valence-corrected chi connectivity index (χ0v) is 20.2. The van der Waals surface area contributed by atoms with E-state index in [4.69, 9.17) is 16.3 Å². The highest BCUT2D eigenvalue weighted by Gasteiger charge is 2.19. The molecule has 2 aromatic carbocycles. The Hall–Kier alpha value is -2.55. The van der Waals surface area contributed by atoms with Crippen LogP contribution in [0.5, 0.6) is 5.75 Å². The highest BCUT2D eigenvalue weighted by molar-refractivity contribution is 7.99. The van der Waals surface area contributed by atoms with Gasteiger partial charge in [0.1, 0.15) is 11.6 Å². The van der Waals surface area contributed by atoms with E-state index in [2.05, 4.69) is 37.1 Å². The van der Waals surface area contributed by atoms with Crippen LogP contribution in [0.2, 0.25) is 5.02 Å². The van der Waals surface area contributed by atoms with Crippen molar-refractivity contribution in [1.82, 2.24) is 19.7 Å². The van der Waals surface area contributed by atoms with Crippen LogP contribution in [0.3, 0.4) is 0 Å². The first-order valence-corrected chi connectivity index (χ1v) is 12.4. The van der Waals surface area contributed by atoms with Crippen LogP contribution in [-0.4, -0.2) is 51.5 Å². The Bertz CT molecular complexity index is 1070. The smallest absolute Gasteiger partial charge is 0.234 e. The van der Waals surface area contributed by atoms with E-state index in [1.165, 1.54) is 36.6 Å². The summed E-state index contributed by atoms with van der Waals surface area (Å²) in [6.45, 7) is 3.62. The molecule has 1 aliphatic heterocycles. The molecule has 33 heavy (non-hydrogen) atoms. The number of hydrogen-bond acceptors (Lipinski definition) is 6. The number of amides is 1. The van der Waals surface area contributed by atoms with Crippen LogP contribution in [0, 0.1) is 0 Å². The minimum absolute atomic E-state index is 0.160. The Labute approximate surface area is 203 Å². The Kier molecular flexibility index (Phi) is 8.25. The summed E-state index contributed by atoms with van der Waals surface area (Å²) in [4.78, 5) is 15.1. The van der Waals surface area contributed by atoms with Gasteiger partial charge in [0.2, 0.25) is 5.91 Å². The van der Waals surface area contributed by atoms with Gasteiger partial charge < -0.3 is 14.6 Å². The van der Waals surface area contributed by atoms with Crippen molar-refractivity contribution in [2.75, 3.05) is 31.3 Å². The number of hydrogen-bond donors (Lipinski definition) is 1. The third kappa shape index (κ3) is 6.50. The zero-order chi connectivity index (χ0) is 23.0. The number of anilines is 1. The molecule has 1 N–H and O–H groups in total. The first-order chi connectivity index (χ1) is 16.1. The van der Waals surface area contributed by atoms with E-state index in [0.29, 0.717) is 23.0 Å². The van der Waals surface area contributed by atoms with Gasteiger partial charge >= 0.3 is 0 Å². The number of carbonyl (C=O) groups is 1. The summed E-state index contributed by atoms with van der Waals surface area (Å²) < 4.78 is 7.44. The predicted octanol–water partition coefficient (Wildman–Crippen LogP) is 4.71. The molecule has 2 heterocycles. The molecule has 0 saturated carbocycles. The largest absolute Gasteiger partial charge is 0.495 e. The lowest BCUT2D eigenvalue weighted by Gasteiger charge is -2.26. The normalized spacial score (nSPS) is 14.2. The summed E-state index contributed by atoms with van der Waals surface area (Å²) in [5.74, 6) is 1.54. The fourth-order valence-corrected chi connectivity index (χ4v) is 4.81. The number of rotatable bonds is 9. The monoisotopic (exact) mass is 485 g/mol. The van der Waals surface area contributed by atoms with Crippen molar-refractivity contribution in [3.05, 3.63) is 64.9 Å². The molecule has 3 aromatic rings. The van der Waals surface area contributed by atoms with E-state index in [-0.39, 0.29) is 11.7 Å². The van der Waals surface area contributed by atoms with Crippen LogP contribution in [0.4, 0.5) is 5.69 Å². The number of ether oxygens (including phenoxy) is 1. The number of halogens is 1. The fourth-order valence-electron chi connectivity index (χ4n) is 3.88. The first kappa shape index (κ1) is 23.6. The zero-order valence-electron chi connectivity index (χ0n) is 18.7. The summed E-state index contributed by atoms with van der Waals surface area (Å²) in [5, 5.41) is 13.1. The lowest BCUT2D eigenvalue weighted by atomic mass is 10.1. The molecule has 0 spiro atoms. The summed E-state index contributed by atoms with van der Waals surface area (Å²) in [6, 6.07) is 15.4. The molecule has 4 rings (SSSR count). The van der Waals surface area contributed by atoms with Gasteiger partial charge in [0.25, 0.3) is 0 Å². The maximum atomic E-state index is 12.7. The van der Waals surface area contributed by atoms with Crippen LogP contribution < -0.4 is 10.1 Å². The second kappa shape index (κ2) is 11.5. The number of carbonyl (C=O) groups excluding carboxylic acids is 1. The maximum absolute atomic E-state index is 12.7. The van der Waals surface area contributed by atoms with Crippen LogP contribution in [0.15, 0.2) is 53.7 Å². The summed E-state index contributed by atoms with van der Waals surface area (Å²) >= 11 is 7.45. The maximum Gasteiger partial charge on any atom is 0.234 e. The third-order valence-corrected chi connectivity index (χ3v) is 6.76. The van der Waals surface area contributed by atoms with Gasteiger partial charge in [0.15, 0.2) is 5.16 Å². The van der Waals surface area contributed by atoms with E-state index in [1.807, 2.05) is 18.2 Å². The van der Waals surface area contributed by atoms with Gasteiger partial charge in [0, 0.05) is 5.02 Å². The molecule has 1 amide bonds. The van der Waals surface area contributed by atoms with Gasteiger partial charge in [-0.3, -0.25) is 9.69 Å². The molecule has 9 heteroatoms. The second-order valence-electron chi connectivity index (χ2n) is 7.99. The number of nitrogens with one attached hydrogen (secondary N) is 1. The minimum Gasteiger partial charge on any atom is -0.495 e. The Morgan fingerprint density at radius 3 is 2.64 bits per heavy atom. The van der Waals surface area contributed by atoms with Gasteiger partial charge in [-0.15, -0.1) is 10.2 Å². The van der Waals surface area contributed by atoms with Crippen molar-refractivity contribution in [3.63, 3.8) is 0 Å². The summed E-state index contributed by atoms with van der Waals surface area (Å²) in [7, 11) is 1.56. The fraction of sp³-hybridized carbons (Fsp3) is 0.375. The molecule has 1 saturated heterocycles. The van der Waals surface area contributed by atoms with E-state index in [9.17, 15) is 4.79 Å². The van der Waals surface area contributed by atoms with Crippen molar-refractivity contribution < 1.29 is 9.53 Å². The van der Waals surface area contributed by atoms with Crippen molar-refractivity contribution in [2.45, 2.75) is 37.5 Å². The number of likely N-dealkylation sites (tertiary alicyclic amines) is 1. The number of piperidine rings is 1. The van der Waals surface area contributed by atoms with Crippen LogP contribution in [0.25, 0.3) is 0 Å². The van der Waals surface area contributed by atoms with Gasteiger partial charge in [-0.2, -0.15) is 0 Å². The first-order valence-electron chi connectivity index (χ1n) is 11.1. The lowest BCUT2D eigenvalue weighted by molar-refractivity contribution is -0.113. The molecule has 1 aromatic heterocycles. The van der Waals surface area contributed by atoms with Gasteiger partial charge in [0.05, 0.1) is 31.6 Å². The number of nitrogens with zero attached hydrogens (tertiary/aromatic N) is 4. The number of methoxy groups -OCH3 is 1. The minimum atomic E-state index is -0.160. The van der Waals surface area contributed by atoms with E-state index >= 15 is 0 Å². The highest BCUT2D eigenvalue weighted by atomic mass is 35.5. The molecule has 0 unspecified atom stereocenters. The molecular formula is C24H28ClN5O2S. The summed E-state index contributed by atoms with van der Waals surface area (Å²) in [6.07, 6.45) is 3.74. The van der Waals surface area contributed by atoms with Gasteiger partial charge in [-0.05, 0) is 49.7 Å². The van der Waals surface area contributed by atoms with Crippen molar-refractivity contribution in [2.24, 2.45) is 0 Å². The molecule has 1 fully saturated rings. The molecule has 0 radical (unpaired) electrons. The average Bonchev–Trinajstić information content (AvgIpc) is 3.20.